The summed E-state index contributed by atoms with van der Waals surface area (Å²) in [6.45, 7) is 15.8. The van der Waals surface area contributed by atoms with Gasteiger partial charge in [0.1, 0.15) is 6.10 Å². The minimum Gasteiger partial charge on any atom is -0.462 e. The minimum atomic E-state index is -2.81. The van der Waals surface area contributed by atoms with Crippen molar-refractivity contribution in [1.82, 2.24) is 0 Å². The van der Waals surface area contributed by atoms with E-state index < -0.39 is 16.6 Å². The molecule has 39 heavy (non-hydrogen) atoms. The van der Waals surface area contributed by atoms with Crippen LogP contribution in [0.25, 0.3) is 0 Å². The van der Waals surface area contributed by atoms with Gasteiger partial charge in [-0.1, -0.05) is 119 Å². The summed E-state index contributed by atoms with van der Waals surface area (Å²) in [4.78, 5) is 13.0. The Balaban J connectivity index is 1.62. The molecular formula is C33H44O4Si2. The molecule has 0 spiro atoms. The van der Waals surface area contributed by atoms with Crippen LogP contribution >= 0.6 is 0 Å². The fraction of sp³-hybridized carbons (Fsp3) is 0.424. The molecule has 0 bridgehead atoms. The number of benzene rings is 3. The lowest BCUT2D eigenvalue weighted by molar-refractivity contribution is -0.176. The zero-order valence-corrected chi connectivity index (χ0v) is 26.5. The first-order chi connectivity index (χ1) is 18.5. The normalized spacial score (nSPS) is 22.4. The van der Waals surface area contributed by atoms with E-state index in [-0.39, 0.29) is 35.1 Å². The molecule has 1 aliphatic heterocycles. The summed E-state index contributed by atoms with van der Waals surface area (Å²) in [6.07, 6.45) is 0.215. The van der Waals surface area contributed by atoms with E-state index in [0.717, 1.165) is 0 Å². The monoisotopic (exact) mass is 560 g/mol. The van der Waals surface area contributed by atoms with Crippen LogP contribution in [0.4, 0.5) is 0 Å². The van der Waals surface area contributed by atoms with Crippen molar-refractivity contribution < 1.29 is 18.4 Å². The van der Waals surface area contributed by atoms with Gasteiger partial charge in [0.05, 0.1) is 12.0 Å². The molecule has 1 saturated heterocycles. The Hall–Kier alpha value is -2.52. The molecule has 0 radical (unpaired) electrons. The molecule has 0 aromatic heterocycles. The maximum absolute atomic E-state index is 13.0. The predicted molar refractivity (Wildman–Crippen MR) is 165 cm³/mol. The van der Waals surface area contributed by atoms with Crippen LogP contribution in [-0.4, -0.2) is 41.4 Å². The summed E-state index contributed by atoms with van der Waals surface area (Å²) in [6, 6.07) is 31.7. The van der Waals surface area contributed by atoms with E-state index >= 15 is 0 Å². The molecule has 0 aliphatic carbocycles. The van der Waals surface area contributed by atoms with Gasteiger partial charge < -0.3 is 13.6 Å². The van der Waals surface area contributed by atoms with Crippen molar-refractivity contribution >= 4 is 38.2 Å². The lowest BCUT2D eigenvalue weighted by atomic mass is 9.85. The standard InChI is InChI=1S/C33H44O4Si2/c1-25-30(36-32(34)26(2)31(25)37-38(6,7)33(3,4)5)23-24-35-39(27-17-11-8-12-18-27,28-19-13-9-14-20-28)29-21-15-10-16-22-29/h8-22,25-26,30-31H,23-24H2,1-7H3/t25-,26+,30-,31-/m0/s1. The summed E-state index contributed by atoms with van der Waals surface area (Å²) >= 11 is 0. The molecule has 3 aromatic carbocycles. The largest absolute Gasteiger partial charge is 0.462 e. The molecule has 4 atom stereocenters. The molecule has 1 heterocycles. The first-order valence-corrected chi connectivity index (χ1v) is 19.0. The van der Waals surface area contributed by atoms with Gasteiger partial charge in [-0.25, -0.2) is 0 Å². The van der Waals surface area contributed by atoms with Gasteiger partial charge in [0.2, 0.25) is 0 Å². The molecule has 0 saturated carbocycles. The maximum atomic E-state index is 13.0. The summed E-state index contributed by atoms with van der Waals surface area (Å²) < 4.78 is 19.9. The highest BCUT2D eigenvalue weighted by Gasteiger charge is 2.48. The molecule has 4 rings (SSSR count). The van der Waals surface area contributed by atoms with Gasteiger partial charge in [-0.2, -0.15) is 0 Å². The molecule has 4 nitrogen and oxygen atoms in total. The Morgan fingerprint density at radius 1 is 0.769 bits per heavy atom. The van der Waals surface area contributed by atoms with E-state index in [0.29, 0.717) is 13.0 Å². The second-order valence-electron chi connectivity index (χ2n) is 12.4. The number of esters is 1. The van der Waals surface area contributed by atoms with E-state index in [9.17, 15) is 4.79 Å². The van der Waals surface area contributed by atoms with Gasteiger partial charge in [0.15, 0.2) is 8.32 Å². The van der Waals surface area contributed by atoms with Gasteiger partial charge in [-0.05, 0) is 40.6 Å². The van der Waals surface area contributed by atoms with Crippen LogP contribution in [0.1, 0.15) is 41.0 Å². The van der Waals surface area contributed by atoms with Crippen molar-refractivity contribution in [2.24, 2.45) is 11.8 Å². The third-order valence-corrected chi connectivity index (χ3v) is 17.3. The van der Waals surface area contributed by atoms with Crippen LogP contribution in [0.15, 0.2) is 91.0 Å². The Morgan fingerprint density at radius 2 is 1.21 bits per heavy atom. The van der Waals surface area contributed by atoms with Gasteiger partial charge in [-0.3, -0.25) is 4.79 Å². The van der Waals surface area contributed by atoms with E-state index in [1.165, 1.54) is 15.6 Å². The van der Waals surface area contributed by atoms with Gasteiger partial charge in [0, 0.05) is 18.9 Å². The van der Waals surface area contributed by atoms with Gasteiger partial charge >= 0.3 is 5.97 Å². The van der Waals surface area contributed by atoms with Crippen molar-refractivity contribution in [1.29, 1.82) is 0 Å². The fourth-order valence-electron chi connectivity index (χ4n) is 5.31. The summed E-state index contributed by atoms with van der Waals surface area (Å²) in [7, 11) is -4.87. The average Bonchev–Trinajstić information content (AvgIpc) is 2.93. The third-order valence-electron chi connectivity index (χ3n) is 8.74. The van der Waals surface area contributed by atoms with Crippen molar-refractivity contribution in [2.45, 2.75) is 71.4 Å². The maximum Gasteiger partial charge on any atom is 0.311 e. The lowest BCUT2D eigenvalue weighted by Gasteiger charge is -2.46. The second-order valence-corrected chi connectivity index (χ2v) is 20.5. The van der Waals surface area contributed by atoms with Crippen molar-refractivity contribution in [3.8, 4) is 0 Å². The first-order valence-electron chi connectivity index (χ1n) is 14.2. The molecule has 0 unspecified atom stereocenters. The zero-order valence-electron chi connectivity index (χ0n) is 24.5. The molecule has 0 amide bonds. The number of hydrogen-bond acceptors (Lipinski definition) is 4. The highest BCUT2D eigenvalue weighted by molar-refractivity contribution is 7.07. The number of cyclic esters (lactones) is 1. The Kier molecular flexibility index (Phi) is 9.01. The first kappa shape index (κ1) is 29.5. The van der Waals surface area contributed by atoms with Gasteiger partial charge in [0.25, 0.3) is 8.32 Å². The van der Waals surface area contributed by atoms with Crippen molar-refractivity contribution in [3.63, 3.8) is 0 Å². The van der Waals surface area contributed by atoms with Crippen molar-refractivity contribution in [3.05, 3.63) is 91.0 Å². The topological polar surface area (TPSA) is 44.8 Å². The smallest absolute Gasteiger partial charge is 0.311 e. The number of rotatable bonds is 9. The molecule has 6 heteroatoms. The quantitative estimate of drug-likeness (QED) is 0.193. The molecule has 1 aliphatic rings. The summed E-state index contributed by atoms with van der Waals surface area (Å²) in [5.41, 5.74) is 0. The fourth-order valence-corrected chi connectivity index (χ4v) is 10.7. The summed E-state index contributed by atoms with van der Waals surface area (Å²) in [5.74, 6) is -0.367. The summed E-state index contributed by atoms with van der Waals surface area (Å²) in [5, 5.41) is 3.66. The lowest BCUT2D eigenvalue weighted by Crippen LogP contribution is -2.69. The predicted octanol–water partition coefficient (Wildman–Crippen LogP) is 5.65. The van der Waals surface area contributed by atoms with E-state index in [1.54, 1.807) is 0 Å². The average molecular weight is 561 g/mol. The number of hydrogen-bond donors (Lipinski definition) is 0. The van der Waals surface area contributed by atoms with Gasteiger partial charge in [-0.15, -0.1) is 0 Å². The zero-order chi connectivity index (χ0) is 28.3. The highest BCUT2D eigenvalue weighted by Crippen LogP contribution is 2.41. The SMILES string of the molecule is C[C@@H]1[C@H](O[Si](C)(C)C(C)(C)C)[C@@H](C)C(=O)O[C@H]1CCO[Si](c1ccccc1)(c1ccccc1)c1ccccc1. The Morgan fingerprint density at radius 3 is 1.62 bits per heavy atom. The molecule has 1 fully saturated rings. The van der Waals surface area contributed by atoms with E-state index in [1.807, 2.05) is 25.1 Å². The van der Waals surface area contributed by atoms with Crippen molar-refractivity contribution in [2.75, 3.05) is 6.61 Å². The van der Waals surface area contributed by atoms with Crippen LogP contribution in [-0.2, 0) is 18.4 Å². The molecule has 208 valence electrons. The van der Waals surface area contributed by atoms with E-state index in [2.05, 4.69) is 114 Å². The molecular weight excluding hydrogens is 517 g/mol. The molecule has 0 N–H and O–H groups in total. The van der Waals surface area contributed by atoms with Crippen LogP contribution < -0.4 is 15.6 Å². The Bertz CT molecular complexity index is 1110. The number of carbonyl (C=O) groups excluding carboxylic acids is 1. The molecule has 3 aromatic rings. The third kappa shape index (κ3) is 6.14. The van der Waals surface area contributed by atoms with E-state index in [4.69, 9.17) is 13.6 Å². The highest BCUT2D eigenvalue weighted by atomic mass is 28.4. The van der Waals surface area contributed by atoms with Crippen LogP contribution in [0.2, 0.25) is 18.1 Å². The van der Waals surface area contributed by atoms with Crippen LogP contribution in [0.5, 0.6) is 0 Å². The number of carbonyl (C=O) groups is 1. The second kappa shape index (κ2) is 11.9. The van der Waals surface area contributed by atoms with Crippen LogP contribution in [0, 0.1) is 11.8 Å². The Labute approximate surface area is 237 Å². The van der Waals surface area contributed by atoms with Crippen LogP contribution in [0.3, 0.4) is 0 Å². The minimum absolute atomic E-state index is 0.0681. The number of ether oxygens (including phenoxy) is 1.